The molecule has 1 aromatic rings. The molecule has 2 rings (SSSR count). The molecule has 4 unspecified atom stereocenters. The number of aromatic nitrogens is 2. The van der Waals surface area contributed by atoms with Crippen molar-refractivity contribution in [1.29, 1.82) is 0 Å². The molecule has 0 spiro atoms. The third-order valence-corrected chi connectivity index (χ3v) is 5.20. The first-order chi connectivity index (χ1) is 14.6. The first-order valence-electron chi connectivity index (χ1n) is 10.1. The minimum atomic E-state index is -1.20. The Morgan fingerprint density at radius 2 is 2.03 bits per heavy atom. The van der Waals surface area contributed by atoms with Gasteiger partial charge in [0.15, 0.2) is 0 Å². The number of nitrogens with zero attached hydrogens (tertiary/aromatic N) is 2. The normalized spacial score (nSPS) is 19.0. The average Bonchev–Trinajstić information content (AvgIpc) is 3.41. The molecule has 0 aliphatic carbocycles. The van der Waals surface area contributed by atoms with E-state index in [1.165, 1.54) is 17.4 Å². The fourth-order valence-corrected chi connectivity index (χ4v) is 3.42. The maximum absolute atomic E-state index is 13.1. The molecule has 7 N–H and O–H groups in total. The van der Waals surface area contributed by atoms with E-state index in [1.807, 2.05) is 0 Å². The summed E-state index contributed by atoms with van der Waals surface area (Å²) in [6, 6.07) is -4.13. The summed E-state index contributed by atoms with van der Waals surface area (Å²) in [4.78, 5) is 57.6. The van der Waals surface area contributed by atoms with Crippen LogP contribution in [-0.2, 0) is 25.6 Å². The molecule has 1 aliphatic rings. The highest BCUT2D eigenvalue weighted by atomic mass is 16.4. The number of nitrogens with two attached hydrogens (primary N) is 1. The van der Waals surface area contributed by atoms with E-state index < -0.39 is 54.5 Å². The number of likely N-dealkylation sites (tertiary alicyclic amines) is 1. The lowest BCUT2D eigenvalue weighted by atomic mass is 10.0. The predicted molar refractivity (Wildman–Crippen MR) is 108 cm³/mol. The second-order valence-electron chi connectivity index (χ2n) is 7.89. The van der Waals surface area contributed by atoms with Crippen molar-refractivity contribution in [3.05, 3.63) is 18.2 Å². The number of rotatable bonds is 10. The number of nitrogens with one attached hydrogen (secondary N) is 3. The number of aliphatic carboxylic acids is 1. The van der Waals surface area contributed by atoms with Crippen molar-refractivity contribution in [2.45, 2.75) is 57.3 Å². The third-order valence-electron chi connectivity index (χ3n) is 5.20. The van der Waals surface area contributed by atoms with Crippen molar-refractivity contribution in [1.82, 2.24) is 25.5 Å². The largest absolute Gasteiger partial charge is 0.480 e. The Bertz CT molecular complexity index is 783. The van der Waals surface area contributed by atoms with Gasteiger partial charge in [0.25, 0.3) is 0 Å². The Morgan fingerprint density at radius 1 is 1.32 bits per heavy atom. The van der Waals surface area contributed by atoms with Crippen LogP contribution in [0.15, 0.2) is 12.5 Å². The summed E-state index contributed by atoms with van der Waals surface area (Å²) < 4.78 is 0. The molecule has 1 fully saturated rings. The molecule has 1 saturated heterocycles. The molecule has 0 saturated carbocycles. The van der Waals surface area contributed by atoms with Gasteiger partial charge in [0.1, 0.15) is 24.2 Å². The van der Waals surface area contributed by atoms with Gasteiger partial charge in [-0.25, -0.2) is 9.78 Å². The maximum Gasteiger partial charge on any atom is 0.326 e. The zero-order valence-corrected chi connectivity index (χ0v) is 17.6. The van der Waals surface area contributed by atoms with Crippen LogP contribution in [0.3, 0.4) is 0 Å². The van der Waals surface area contributed by atoms with Crippen molar-refractivity contribution < 1.29 is 29.4 Å². The third kappa shape index (κ3) is 6.25. The summed E-state index contributed by atoms with van der Waals surface area (Å²) in [6.45, 7) is 3.22. The van der Waals surface area contributed by atoms with Gasteiger partial charge in [0.05, 0.1) is 12.9 Å². The van der Waals surface area contributed by atoms with E-state index in [0.29, 0.717) is 25.1 Å². The van der Waals surface area contributed by atoms with E-state index in [-0.39, 0.29) is 12.3 Å². The molecule has 1 aliphatic heterocycles. The van der Waals surface area contributed by atoms with E-state index in [2.05, 4.69) is 20.6 Å². The number of hydrogen-bond donors (Lipinski definition) is 6. The van der Waals surface area contributed by atoms with Gasteiger partial charge in [-0.05, 0) is 18.8 Å². The number of aliphatic hydroxyl groups is 1. The van der Waals surface area contributed by atoms with Crippen molar-refractivity contribution in [2.75, 3.05) is 13.2 Å². The summed E-state index contributed by atoms with van der Waals surface area (Å²) in [5, 5.41) is 23.6. The highest BCUT2D eigenvalue weighted by Crippen LogP contribution is 2.21. The van der Waals surface area contributed by atoms with Gasteiger partial charge in [-0.3, -0.25) is 14.4 Å². The average molecular weight is 438 g/mol. The van der Waals surface area contributed by atoms with Gasteiger partial charge in [0.2, 0.25) is 17.7 Å². The summed E-state index contributed by atoms with van der Waals surface area (Å²) in [6.07, 6.45) is 3.85. The van der Waals surface area contributed by atoms with Crippen LogP contribution in [0.2, 0.25) is 0 Å². The quantitative estimate of drug-likeness (QED) is 0.241. The fraction of sp³-hybridized carbons (Fsp3) is 0.632. The first kappa shape index (κ1) is 24.3. The fourth-order valence-electron chi connectivity index (χ4n) is 3.42. The Balaban J connectivity index is 2.10. The molecule has 12 heteroatoms. The minimum absolute atomic E-state index is 0.0193. The molecule has 0 aromatic carbocycles. The number of aliphatic hydroxyl groups excluding tert-OH is 1. The molecule has 0 bridgehead atoms. The van der Waals surface area contributed by atoms with Crippen LogP contribution in [0, 0.1) is 5.92 Å². The van der Waals surface area contributed by atoms with Crippen molar-refractivity contribution in [3.8, 4) is 0 Å². The van der Waals surface area contributed by atoms with Gasteiger partial charge in [-0.1, -0.05) is 13.8 Å². The number of hydrogen-bond acceptors (Lipinski definition) is 7. The van der Waals surface area contributed by atoms with Crippen molar-refractivity contribution in [3.63, 3.8) is 0 Å². The first-order valence-corrected chi connectivity index (χ1v) is 10.1. The summed E-state index contributed by atoms with van der Waals surface area (Å²) in [5.74, 6) is -3.19. The molecule has 31 heavy (non-hydrogen) atoms. The number of imidazole rings is 1. The lowest BCUT2D eigenvalue weighted by Crippen LogP contribution is -2.58. The number of aromatic amines is 1. The van der Waals surface area contributed by atoms with Crippen LogP contribution in [0.5, 0.6) is 0 Å². The highest BCUT2D eigenvalue weighted by molar-refractivity contribution is 5.94. The Kier molecular flexibility index (Phi) is 8.51. The second kappa shape index (κ2) is 10.9. The molecule has 172 valence electrons. The Morgan fingerprint density at radius 3 is 2.58 bits per heavy atom. The molecule has 12 nitrogen and oxygen atoms in total. The van der Waals surface area contributed by atoms with E-state index >= 15 is 0 Å². The van der Waals surface area contributed by atoms with Crippen molar-refractivity contribution in [2.24, 2.45) is 11.7 Å². The van der Waals surface area contributed by atoms with Gasteiger partial charge in [-0.2, -0.15) is 0 Å². The SMILES string of the molecule is CC(C)C(NC(=O)C(N)CO)C(=O)N1CCCC1C(=O)NC(Cc1cnc[nH]1)C(=O)O. The van der Waals surface area contributed by atoms with E-state index in [9.17, 15) is 24.3 Å². The van der Waals surface area contributed by atoms with Crippen LogP contribution in [0.25, 0.3) is 0 Å². The van der Waals surface area contributed by atoms with Gasteiger partial charge >= 0.3 is 5.97 Å². The number of H-pyrrole nitrogens is 1. The smallest absolute Gasteiger partial charge is 0.326 e. The molecule has 0 radical (unpaired) electrons. The van der Waals surface area contributed by atoms with Crippen LogP contribution < -0.4 is 16.4 Å². The molecule has 3 amide bonds. The number of amides is 3. The molecule has 1 aromatic heterocycles. The van der Waals surface area contributed by atoms with E-state index in [4.69, 9.17) is 10.8 Å². The van der Waals surface area contributed by atoms with E-state index in [0.717, 1.165) is 0 Å². The highest BCUT2D eigenvalue weighted by Gasteiger charge is 2.40. The summed E-state index contributed by atoms with van der Waals surface area (Å²) in [5.41, 5.74) is 6.07. The predicted octanol–water partition coefficient (Wildman–Crippen LogP) is -2.03. The lowest BCUT2D eigenvalue weighted by molar-refractivity contribution is -0.145. The van der Waals surface area contributed by atoms with Gasteiger partial charge < -0.3 is 36.5 Å². The molecule has 4 atom stereocenters. The molecule has 2 heterocycles. The zero-order valence-electron chi connectivity index (χ0n) is 17.6. The van der Waals surface area contributed by atoms with E-state index in [1.54, 1.807) is 13.8 Å². The maximum atomic E-state index is 13.1. The zero-order chi connectivity index (χ0) is 23.1. The van der Waals surface area contributed by atoms with Crippen LogP contribution >= 0.6 is 0 Å². The number of carbonyl (C=O) groups excluding carboxylic acids is 3. The van der Waals surface area contributed by atoms with Crippen molar-refractivity contribution >= 4 is 23.7 Å². The Hall–Kier alpha value is -2.99. The molecular weight excluding hydrogens is 408 g/mol. The number of carboxylic acids is 1. The summed E-state index contributed by atoms with van der Waals surface area (Å²) in [7, 11) is 0. The van der Waals surface area contributed by atoms with Crippen LogP contribution in [-0.4, -0.2) is 86.1 Å². The monoisotopic (exact) mass is 438 g/mol. The number of carbonyl (C=O) groups is 4. The topological polar surface area (TPSA) is 191 Å². The van der Waals surface area contributed by atoms with Gasteiger partial charge in [-0.15, -0.1) is 0 Å². The van der Waals surface area contributed by atoms with Gasteiger partial charge in [0, 0.05) is 24.9 Å². The summed E-state index contributed by atoms with van der Waals surface area (Å²) >= 11 is 0. The molecular formula is C19H30N6O6. The van der Waals surface area contributed by atoms with Crippen LogP contribution in [0.1, 0.15) is 32.4 Å². The second-order valence-corrected chi connectivity index (χ2v) is 7.89. The van der Waals surface area contributed by atoms with Crippen LogP contribution in [0.4, 0.5) is 0 Å². The Labute approximate surface area is 179 Å². The minimum Gasteiger partial charge on any atom is -0.480 e. The lowest BCUT2D eigenvalue weighted by Gasteiger charge is -2.31. The standard InChI is InChI=1S/C19H30N6O6/c1-10(2)15(24-16(27)12(20)8-26)18(29)25-5-3-4-14(25)17(28)23-13(19(30)31)6-11-7-21-9-22-11/h7,9-10,12-15,26H,3-6,8,20H2,1-2H3,(H,21,22)(H,23,28)(H,24,27)(H,30,31). The number of carboxylic acid groups (broad SMARTS) is 1.